The van der Waals surface area contributed by atoms with Gasteiger partial charge in [0.15, 0.2) is 0 Å². The Morgan fingerprint density at radius 2 is 2.05 bits per heavy atom. The first kappa shape index (κ1) is 15.3. The molecule has 1 amide bonds. The lowest BCUT2D eigenvalue weighted by atomic mass is 9.97. The molecule has 1 atom stereocenters. The molecule has 0 radical (unpaired) electrons. The van der Waals surface area contributed by atoms with Crippen molar-refractivity contribution >= 4 is 18.3 Å². The van der Waals surface area contributed by atoms with Crippen molar-refractivity contribution < 1.29 is 4.79 Å². The lowest BCUT2D eigenvalue weighted by Gasteiger charge is -2.32. The van der Waals surface area contributed by atoms with E-state index in [0.29, 0.717) is 12.5 Å². The van der Waals surface area contributed by atoms with E-state index in [-0.39, 0.29) is 18.3 Å². The quantitative estimate of drug-likeness (QED) is 0.910. The summed E-state index contributed by atoms with van der Waals surface area (Å²) >= 11 is 0. The highest BCUT2D eigenvalue weighted by Crippen LogP contribution is 2.24. The standard InChI is InChI=1S/C16H22N2O.ClH/c17-10-12-3-2-8-18(11-12)16(19)15-7-6-13-4-1-5-14(13)9-15;/h6-7,9,12H,1-5,8,10-11,17H2;1H. The highest BCUT2D eigenvalue weighted by atomic mass is 35.5. The van der Waals surface area contributed by atoms with Crippen LogP contribution in [-0.2, 0) is 12.8 Å². The Morgan fingerprint density at radius 3 is 2.85 bits per heavy atom. The Kier molecular flexibility index (Phi) is 5.06. The minimum Gasteiger partial charge on any atom is -0.338 e. The molecular weight excluding hydrogens is 272 g/mol. The number of carbonyl (C=O) groups excluding carboxylic acids is 1. The van der Waals surface area contributed by atoms with Crippen molar-refractivity contribution in [3.8, 4) is 0 Å². The summed E-state index contributed by atoms with van der Waals surface area (Å²) in [6.45, 7) is 2.40. The fourth-order valence-electron chi connectivity index (χ4n) is 3.33. The topological polar surface area (TPSA) is 46.3 Å². The predicted molar refractivity (Wildman–Crippen MR) is 83.4 cm³/mol. The van der Waals surface area contributed by atoms with E-state index in [1.54, 1.807) is 0 Å². The summed E-state index contributed by atoms with van der Waals surface area (Å²) in [5.74, 6) is 0.667. The van der Waals surface area contributed by atoms with Gasteiger partial charge in [0.1, 0.15) is 0 Å². The molecule has 1 aliphatic heterocycles. The van der Waals surface area contributed by atoms with Gasteiger partial charge in [-0.15, -0.1) is 12.4 Å². The molecule has 1 saturated heterocycles. The fraction of sp³-hybridized carbons (Fsp3) is 0.562. The third-order valence-electron chi connectivity index (χ3n) is 4.48. The highest BCUT2D eigenvalue weighted by molar-refractivity contribution is 5.94. The Labute approximate surface area is 126 Å². The van der Waals surface area contributed by atoms with Gasteiger partial charge in [0.05, 0.1) is 0 Å². The van der Waals surface area contributed by atoms with Gasteiger partial charge in [-0.3, -0.25) is 4.79 Å². The summed E-state index contributed by atoms with van der Waals surface area (Å²) in [7, 11) is 0. The van der Waals surface area contributed by atoms with Gasteiger partial charge in [0.25, 0.3) is 5.91 Å². The predicted octanol–water partition coefficient (Wildman–Crippen LogP) is 2.41. The number of fused-ring (bicyclic) bond motifs is 1. The maximum absolute atomic E-state index is 12.5. The van der Waals surface area contributed by atoms with E-state index in [0.717, 1.165) is 37.9 Å². The number of likely N-dealkylation sites (tertiary alicyclic amines) is 1. The van der Waals surface area contributed by atoms with Crippen molar-refractivity contribution in [1.82, 2.24) is 4.90 Å². The third-order valence-corrected chi connectivity index (χ3v) is 4.48. The third kappa shape index (κ3) is 2.99. The van der Waals surface area contributed by atoms with Gasteiger partial charge in [-0.2, -0.15) is 0 Å². The van der Waals surface area contributed by atoms with Crippen molar-refractivity contribution in [3.05, 3.63) is 34.9 Å². The molecule has 3 nitrogen and oxygen atoms in total. The number of rotatable bonds is 2. The zero-order chi connectivity index (χ0) is 13.2. The number of hydrogen-bond acceptors (Lipinski definition) is 2. The average Bonchev–Trinajstić information content (AvgIpc) is 2.94. The molecule has 3 rings (SSSR count). The summed E-state index contributed by atoms with van der Waals surface area (Å²) in [4.78, 5) is 14.5. The van der Waals surface area contributed by atoms with E-state index < -0.39 is 0 Å². The lowest BCUT2D eigenvalue weighted by Crippen LogP contribution is -2.42. The Morgan fingerprint density at radius 1 is 1.25 bits per heavy atom. The van der Waals surface area contributed by atoms with Crippen molar-refractivity contribution in [2.45, 2.75) is 32.1 Å². The van der Waals surface area contributed by atoms with Crippen LogP contribution in [0.4, 0.5) is 0 Å². The summed E-state index contributed by atoms with van der Waals surface area (Å²) in [6.07, 6.45) is 5.76. The highest BCUT2D eigenvalue weighted by Gasteiger charge is 2.24. The van der Waals surface area contributed by atoms with Crippen LogP contribution >= 0.6 is 12.4 Å². The average molecular weight is 295 g/mol. The first-order valence-corrected chi connectivity index (χ1v) is 7.39. The molecule has 2 N–H and O–H groups in total. The fourth-order valence-corrected chi connectivity index (χ4v) is 3.33. The number of amides is 1. The van der Waals surface area contributed by atoms with Gasteiger partial charge in [-0.05, 0) is 67.8 Å². The van der Waals surface area contributed by atoms with Crippen LogP contribution in [0.15, 0.2) is 18.2 Å². The zero-order valence-corrected chi connectivity index (χ0v) is 12.6. The van der Waals surface area contributed by atoms with E-state index in [9.17, 15) is 4.79 Å². The number of halogens is 1. The van der Waals surface area contributed by atoms with Crippen molar-refractivity contribution in [3.63, 3.8) is 0 Å². The van der Waals surface area contributed by atoms with Crippen molar-refractivity contribution in [2.75, 3.05) is 19.6 Å². The van der Waals surface area contributed by atoms with Gasteiger partial charge >= 0.3 is 0 Å². The summed E-state index contributed by atoms with van der Waals surface area (Å²) < 4.78 is 0. The maximum atomic E-state index is 12.5. The smallest absolute Gasteiger partial charge is 0.253 e. The zero-order valence-electron chi connectivity index (χ0n) is 11.8. The largest absolute Gasteiger partial charge is 0.338 e. The number of benzene rings is 1. The number of piperidine rings is 1. The van der Waals surface area contributed by atoms with Gasteiger partial charge in [0.2, 0.25) is 0 Å². The first-order valence-electron chi connectivity index (χ1n) is 7.39. The number of carbonyl (C=O) groups is 1. The molecule has 20 heavy (non-hydrogen) atoms. The van der Waals surface area contributed by atoms with Crippen LogP contribution in [0.5, 0.6) is 0 Å². The van der Waals surface area contributed by atoms with Crippen molar-refractivity contribution in [1.29, 1.82) is 0 Å². The number of nitrogens with two attached hydrogens (primary N) is 1. The second-order valence-corrected chi connectivity index (χ2v) is 5.83. The van der Waals surface area contributed by atoms with E-state index in [4.69, 9.17) is 5.73 Å². The number of nitrogens with zero attached hydrogens (tertiary/aromatic N) is 1. The van der Waals surface area contributed by atoms with E-state index in [2.05, 4.69) is 12.1 Å². The molecule has 1 aromatic carbocycles. The lowest BCUT2D eigenvalue weighted by molar-refractivity contribution is 0.0678. The Balaban J connectivity index is 0.00000147. The molecule has 1 unspecified atom stereocenters. The number of aryl methyl sites for hydroxylation is 2. The van der Waals surface area contributed by atoms with Crippen molar-refractivity contribution in [2.24, 2.45) is 11.7 Å². The second kappa shape index (κ2) is 6.59. The monoisotopic (exact) mass is 294 g/mol. The van der Waals surface area contributed by atoms with Crippen LogP contribution in [-0.4, -0.2) is 30.4 Å². The first-order chi connectivity index (χ1) is 9.28. The molecule has 1 aliphatic carbocycles. The molecule has 0 aromatic heterocycles. The second-order valence-electron chi connectivity index (χ2n) is 5.83. The molecule has 4 heteroatoms. The van der Waals surface area contributed by atoms with E-state index in [1.165, 1.54) is 24.0 Å². The normalized spacial score (nSPS) is 21.2. The molecule has 0 bridgehead atoms. The molecule has 0 saturated carbocycles. The van der Waals surface area contributed by atoms with E-state index in [1.807, 2.05) is 11.0 Å². The van der Waals surface area contributed by atoms with Gasteiger partial charge in [-0.25, -0.2) is 0 Å². The maximum Gasteiger partial charge on any atom is 0.253 e. The molecule has 110 valence electrons. The van der Waals surface area contributed by atoms with E-state index >= 15 is 0 Å². The minimum absolute atomic E-state index is 0. The van der Waals surface area contributed by atoms with Crippen LogP contribution in [0.1, 0.15) is 40.7 Å². The summed E-state index contributed by atoms with van der Waals surface area (Å²) in [6, 6.07) is 6.25. The molecule has 0 spiro atoms. The van der Waals surface area contributed by atoms with Gasteiger partial charge < -0.3 is 10.6 Å². The molecule has 2 aliphatic rings. The van der Waals surface area contributed by atoms with Crippen LogP contribution in [0, 0.1) is 5.92 Å². The molecule has 1 aromatic rings. The Bertz CT molecular complexity index is 489. The summed E-state index contributed by atoms with van der Waals surface area (Å²) in [5, 5.41) is 0. The summed E-state index contributed by atoms with van der Waals surface area (Å²) in [5.41, 5.74) is 9.40. The molecule has 1 fully saturated rings. The van der Waals surface area contributed by atoms with Crippen LogP contribution < -0.4 is 5.73 Å². The number of hydrogen-bond donors (Lipinski definition) is 1. The van der Waals surface area contributed by atoms with Crippen LogP contribution in [0.25, 0.3) is 0 Å². The van der Waals surface area contributed by atoms with Crippen LogP contribution in [0.2, 0.25) is 0 Å². The molecule has 1 heterocycles. The van der Waals surface area contributed by atoms with Gasteiger partial charge in [0, 0.05) is 18.7 Å². The van der Waals surface area contributed by atoms with Gasteiger partial charge in [-0.1, -0.05) is 6.07 Å². The minimum atomic E-state index is 0. The Hall–Kier alpha value is -1.06. The van der Waals surface area contributed by atoms with Crippen LogP contribution in [0.3, 0.4) is 0 Å². The molecular formula is C16H23ClN2O. The SMILES string of the molecule is Cl.NCC1CCCN(C(=O)c2ccc3c(c2)CCC3)C1.